The van der Waals surface area contributed by atoms with Gasteiger partial charge in [-0.05, 0) is 103 Å². The van der Waals surface area contributed by atoms with Crippen LogP contribution in [0.3, 0.4) is 0 Å². The Bertz CT molecular complexity index is 3610. The van der Waals surface area contributed by atoms with Crippen LogP contribution in [-0.2, 0) is 5.41 Å². The highest BCUT2D eigenvalue weighted by Gasteiger charge is 2.51. The van der Waals surface area contributed by atoms with Crippen LogP contribution in [0.5, 0.6) is 0 Å². The first-order valence-electron chi connectivity index (χ1n) is 23.3. The second kappa shape index (κ2) is 16.2. The third-order valence-electron chi connectivity index (χ3n) is 13.9. The second-order valence-corrected chi connectivity index (χ2v) is 17.7. The summed E-state index contributed by atoms with van der Waals surface area (Å²) < 4.78 is 0. The highest BCUT2D eigenvalue weighted by molar-refractivity contribution is 5.97. The molecule has 1 aromatic heterocycles. The molecule has 68 heavy (non-hydrogen) atoms. The number of anilines is 3. The number of hydrogen-bond donors (Lipinski definition) is 0. The molecular weight excluding hydrogens is 823 g/mol. The third kappa shape index (κ3) is 6.35. The molecule has 10 aromatic carbocycles. The molecule has 0 fully saturated rings. The van der Waals surface area contributed by atoms with E-state index in [0.717, 1.165) is 44.9 Å². The summed E-state index contributed by atoms with van der Waals surface area (Å²) in [5, 5.41) is 0. The van der Waals surface area contributed by atoms with Gasteiger partial charge in [0.15, 0.2) is 5.82 Å². The maximum atomic E-state index is 5.20. The Labute approximate surface area is 397 Å². The summed E-state index contributed by atoms with van der Waals surface area (Å²) in [7, 11) is 0. The molecule has 318 valence electrons. The largest absolute Gasteiger partial charge is 0.310 e. The van der Waals surface area contributed by atoms with E-state index in [1.54, 1.807) is 0 Å². The molecule has 0 N–H and O–H groups in total. The fourth-order valence-electron chi connectivity index (χ4n) is 10.9. The minimum atomic E-state index is -0.532. The number of benzene rings is 10. The predicted octanol–water partition coefficient (Wildman–Crippen LogP) is 16.6. The van der Waals surface area contributed by atoms with Gasteiger partial charge in [-0.25, -0.2) is 9.97 Å². The molecule has 13 rings (SSSR count). The van der Waals surface area contributed by atoms with Crippen LogP contribution >= 0.6 is 0 Å². The minimum Gasteiger partial charge on any atom is -0.310 e. The molecule has 0 radical (unpaired) electrons. The molecule has 1 aliphatic heterocycles. The van der Waals surface area contributed by atoms with E-state index in [9.17, 15) is 0 Å². The molecule has 1 spiro atoms. The van der Waals surface area contributed by atoms with Gasteiger partial charge in [-0.15, -0.1) is 0 Å². The van der Waals surface area contributed by atoms with Crippen molar-refractivity contribution in [1.29, 1.82) is 0 Å². The van der Waals surface area contributed by atoms with E-state index in [0.29, 0.717) is 5.82 Å². The van der Waals surface area contributed by atoms with E-state index in [4.69, 9.17) is 9.97 Å². The lowest BCUT2D eigenvalue weighted by Gasteiger charge is -2.45. The van der Waals surface area contributed by atoms with Gasteiger partial charge in [-0.2, -0.15) is 0 Å². The van der Waals surface area contributed by atoms with Crippen LogP contribution < -0.4 is 4.90 Å². The van der Waals surface area contributed by atoms with Crippen LogP contribution in [0, 0.1) is 0 Å². The van der Waals surface area contributed by atoms with Crippen molar-refractivity contribution in [3.05, 3.63) is 283 Å². The van der Waals surface area contributed by atoms with Crippen molar-refractivity contribution in [2.75, 3.05) is 4.90 Å². The zero-order chi connectivity index (χ0) is 45.0. The maximum Gasteiger partial charge on any atom is 0.160 e. The Hall–Kier alpha value is -8.92. The fraction of sp³-hybridized carbons (Fsp3) is 0.0154. The quantitative estimate of drug-likeness (QED) is 0.160. The number of hydrogen-bond acceptors (Lipinski definition) is 3. The summed E-state index contributed by atoms with van der Waals surface area (Å²) in [5.74, 6) is 0.697. The zero-order valence-corrected chi connectivity index (χ0v) is 37.2. The molecule has 11 aromatic rings. The van der Waals surface area contributed by atoms with Crippen molar-refractivity contribution in [1.82, 2.24) is 9.97 Å². The van der Waals surface area contributed by atoms with E-state index < -0.39 is 5.41 Å². The van der Waals surface area contributed by atoms with Crippen LogP contribution in [-0.4, -0.2) is 9.97 Å². The number of aromatic nitrogens is 2. The summed E-state index contributed by atoms with van der Waals surface area (Å²) in [6.45, 7) is 0. The van der Waals surface area contributed by atoms with Gasteiger partial charge in [0.1, 0.15) is 0 Å². The Morgan fingerprint density at radius 2 is 0.676 bits per heavy atom. The summed E-state index contributed by atoms with van der Waals surface area (Å²) in [4.78, 5) is 12.7. The van der Waals surface area contributed by atoms with Crippen molar-refractivity contribution in [2.45, 2.75) is 5.41 Å². The Morgan fingerprint density at radius 3 is 1.31 bits per heavy atom. The normalized spacial score (nSPS) is 12.8. The summed E-state index contributed by atoms with van der Waals surface area (Å²) in [5.41, 5.74) is 22.6. The van der Waals surface area contributed by atoms with Gasteiger partial charge in [-0.1, -0.05) is 224 Å². The van der Waals surface area contributed by atoms with E-state index in [1.807, 2.05) is 12.1 Å². The summed E-state index contributed by atoms with van der Waals surface area (Å²) in [6, 6.07) is 94.2. The number of rotatable bonds is 7. The van der Waals surface area contributed by atoms with E-state index in [1.165, 1.54) is 67.0 Å². The van der Waals surface area contributed by atoms with Crippen molar-refractivity contribution in [3.63, 3.8) is 0 Å². The van der Waals surface area contributed by atoms with Gasteiger partial charge in [0, 0.05) is 22.4 Å². The molecule has 2 aliphatic rings. The number of fused-ring (bicyclic) bond motifs is 9. The van der Waals surface area contributed by atoms with E-state index in [-0.39, 0.29) is 0 Å². The van der Waals surface area contributed by atoms with Crippen molar-refractivity contribution >= 4 is 17.1 Å². The zero-order valence-electron chi connectivity index (χ0n) is 37.2. The molecule has 0 atom stereocenters. The minimum absolute atomic E-state index is 0.532. The van der Waals surface area contributed by atoms with Gasteiger partial charge < -0.3 is 4.90 Å². The Morgan fingerprint density at radius 1 is 0.265 bits per heavy atom. The molecule has 0 saturated carbocycles. The lowest BCUT2D eigenvalue weighted by molar-refractivity contribution is 0.753. The highest BCUT2D eigenvalue weighted by Crippen LogP contribution is 2.63. The standard InChI is InChI=1S/C65H43N3/c1-4-18-44(19-5-1)45-32-38-49(39-33-45)64-66-60(47-20-6-2-7-21-47)43-61(67-64)48-36-34-46(35-37-48)52-24-10-11-25-53(52)50-40-41-55-54-26-12-13-27-56(54)65(59(55)42-50)57-28-14-16-30-62(57)68(51-22-8-3-9-23-51)63-31-17-15-29-58(63)65/h1-43H. The lowest BCUT2D eigenvalue weighted by atomic mass is 9.64. The van der Waals surface area contributed by atoms with Crippen molar-refractivity contribution in [2.24, 2.45) is 0 Å². The topological polar surface area (TPSA) is 29.0 Å². The molecular formula is C65H43N3. The molecule has 3 nitrogen and oxygen atoms in total. The first-order valence-corrected chi connectivity index (χ1v) is 23.3. The highest BCUT2D eigenvalue weighted by atomic mass is 15.2. The first-order chi connectivity index (χ1) is 33.7. The average Bonchev–Trinajstić information content (AvgIpc) is 3.71. The average molecular weight is 866 g/mol. The molecule has 2 heterocycles. The number of nitrogens with zero attached hydrogens (tertiary/aromatic N) is 3. The Kier molecular flexibility index (Phi) is 9.40. The molecule has 0 unspecified atom stereocenters. The maximum absolute atomic E-state index is 5.20. The number of para-hydroxylation sites is 3. The van der Waals surface area contributed by atoms with Crippen LogP contribution in [0.4, 0.5) is 17.1 Å². The molecule has 0 bridgehead atoms. The van der Waals surface area contributed by atoms with E-state index in [2.05, 4.69) is 254 Å². The Balaban J connectivity index is 0.914. The predicted molar refractivity (Wildman–Crippen MR) is 280 cm³/mol. The van der Waals surface area contributed by atoms with E-state index >= 15 is 0 Å². The monoisotopic (exact) mass is 865 g/mol. The second-order valence-electron chi connectivity index (χ2n) is 17.7. The molecule has 0 saturated heterocycles. The van der Waals surface area contributed by atoms with Crippen molar-refractivity contribution < 1.29 is 0 Å². The van der Waals surface area contributed by atoms with Gasteiger partial charge >= 0.3 is 0 Å². The van der Waals surface area contributed by atoms with Gasteiger partial charge in [-0.3, -0.25) is 0 Å². The van der Waals surface area contributed by atoms with Crippen LogP contribution in [0.25, 0.3) is 78.4 Å². The molecule has 0 amide bonds. The molecule has 3 heteroatoms. The summed E-state index contributed by atoms with van der Waals surface area (Å²) >= 11 is 0. The summed E-state index contributed by atoms with van der Waals surface area (Å²) in [6.07, 6.45) is 0. The molecule has 1 aliphatic carbocycles. The fourth-order valence-corrected chi connectivity index (χ4v) is 10.9. The van der Waals surface area contributed by atoms with Crippen LogP contribution in [0.2, 0.25) is 0 Å². The first kappa shape index (κ1) is 39.4. The van der Waals surface area contributed by atoms with Gasteiger partial charge in [0.05, 0.1) is 28.2 Å². The van der Waals surface area contributed by atoms with Crippen LogP contribution in [0.1, 0.15) is 22.3 Å². The smallest absolute Gasteiger partial charge is 0.160 e. The third-order valence-corrected chi connectivity index (χ3v) is 13.9. The van der Waals surface area contributed by atoms with Gasteiger partial charge in [0.2, 0.25) is 0 Å². The van der Waals surface area contributed by atoms with Crippen molar-refractivity contribution in [3.8, 4) is 78.4 Å². The van der Waals surface area contributed by atoms with Gasteiger partial charge in [0.25, 0.3) is 0 Å². The lowest BCUT2D eigenvalue weighted by Crippen LogP contribution is -2.36. The SMILES string of the molecule is c1ccc(-c2ccc(-c3nc(-c4ccccc4)cc(-c4ccc(-c5ccccc5-c5ccc6c(c5)C5(c7ccccc7-6)c6ccccc6N(c6ccccc6)c6ccccc65)cc4)n3)cc2)cc1. The van der Waals surface area contributed by atoms with Crippen LogP contribution in [0.15, 0.2) is 261 Å².